The summed E-state index contributed by atoms with van der Waals surface area (Å²) < 4.78 is 1.70. The number of hydrogen-bond acceptors (Lipinski definition) is 4. The summed E-state index contributed by atoms with van der Waals surface area (Å²) in [6.45, 7) is 0. The number of nitrogens with zero attached hydrogens (tertiary/aromatic N) is 4. The van der Waals surface area contributed by atoms with Gasteiger partial charge in [0.15, 0.2) is 0 Å². The molecular weight excluding hydrogens is 254 g/mol. The highest BCUT2D eigenvalue weighted by Gasteiger charge is 2.07. The Kier molecular flexibility index (Phi) is 2.96. The van der Waals surface area contributed by atoms with Crippen LogP contribution in [0.15, 0.2) is 55.1 Å². The zero-order valence-electron chi connectivity index (χ0n) is 10.5. The molecule has 1 amide bonds. The summed E-state index contributed by atoms with van der Waals surface area (Å²) in [4.78, 5) is 19.4. The Hall–Kier alpha value is -3.02. The van der Waals surface area contributed by atoms with Crippen molar-refractivity contribution in [1.29, 1.82) is 0 Å². The highest BCUT2D eigenvalue weighted by atomic mass is 16.1. The second kappa shape index (κ2) is 4.93. The Balaban J connectivity index is 1.98. The number of pyridine rings is 2. The number of nitrogens with two attached hydrogens (primary N) is 1. The van der Waals surface area contributed by atoms with Crippen LogP contribution < -0.4 is 5.73 Å². The van der Waals surface area contributed by atoms with Crippen molar-refractivity contribution in [1.82, 2.24) is 19.7 Å². The summed E-state index contributed by atoms with van der Waals surface area (Å²) in [5.41, 5.74) is 7.76. The first-order valence-electron chi connectivity index (χ1n) is 5.96. The van der Waals surface area contributed by atoms with Crippen LogP contribution in [0.4, 0.5) is 0 Å². The quantitative estimate of drug-likeness (QED) is 0.776. The topological polar surface area (TPSA) is 86.7 Å². The van der Waals surface area contributed by atoms with Crippen LogP contribution in [0.3, 0.4) is 0 Å². The second-order valence-electron chi connectivity index (χ2n) is 4.16. The van der Waals surface area contributed by atoms with E-state index in [1.54, 1.807) is 41.5 Å². The fourth-order valence-corrected chi connectivity index (χ4v) is 1.82. The van der Waals surface area contributed by atoms with Gasteiger partial charge in [-0.15, -0.1) is 0 Å². The van der Waals surface area contributed by atoms with Crippen molar-refractivity contribution in [3.63, 3.8) is 0 Å². The van der Waals surface area contributed by atoms with Gasteiger partial charge in [0.25, 0.3) is 5.91 Å². The lowest BCUT2D eigenvalue weighted by atomic mass is 10.2. The minimum absolute atomic E-state index is 0.233. The number of primary amides is 1. The summed E-state index contributed by atoms with van der Waals surface area (Å²) >= 11 is 0. The maximum Gasteiger partial charge on any atom is 0.267 e. The Morgan fingerprint density at radius 1 is 1.15 bits per heavy atom. The molecule has 0 unspecified atom stereocenters. The lowest BCUT2D eigenvalue weighted by molar-refractivity contribution is 0.0995. The van der Waals surface area contributed by atoms with Crippen LogP contribution in [-0.4, -0.2) is 25.7 Å². The molecule has 0 aromatic carbocycles. The highest BCUT2D eigenvalue weighted by molar-refractivity contribution is 5.91. The van der Waals surface area contributed by atoms with Gasteiger partial charge in [0.05, 0.1) is 23.8 Å². The first kappa shape index (κ1) is 12.0. The molecule has 6 nitrogen and oxygen atoms in total. The minimum atomic E-state index is -0.550. The Morgan fingerprint density at radius 3 is 2.80 bits per heavy atom. The molecule has 2 N–H and O–H groups in total. The van der Waals surface area contributed by atoms with Gasteiger partial charge >= 0.3 is 0 Å². The number of hydrogen-bond donors (Lipinski definition) is 1. The molecule has 0 radical (unpaired) electrons. The summed E-state index contributed by atoms with van der Waals surface area (Å²) in [6, 6.07) is 8.86. The Labute approximate surface area is 114 Å². The van der Waals surface area contributed by atoms with Crippen molar-refractivity contribution in [3.8, 4) is 16.9 Å². The molecule has 3 rings (SSSR count). The molecule has 6 heteroatoms. The van der Waals surface area contributed by atoms with Crippen molar-refractivity contribution in [3.05, 3.63) is 60.8 Å². The minimum Gasteiger partial charge on any atom is -0.364 e. The van der Waals surface area contributed by atoms with E-state index < -0.39 is 5.91 Å². The molecule has 0 aliphatic rings. The predicted molar refractivity (Wildman–Crippen MR) is 73.1 cm³/mol. The molecule has 0 saturated carbocycles. The maximum atomic E-state index is 11.1. The van der Waals surface area contributed by atoms with Crippen LogP contribution in [0, 0.1) is 0 Å². The monoisotopic (exact) mass is 265 g/mol. The molecule has 3 heterocycles. The Morgan fingerprint density at radius 2 is 2.05 bits per heavy atom. The fourth-order valence-electron chi connectivity index (χ4n) is 1.82. The van der Waals surface area contributed by atoms with E-state index in [1.807, 2.05) is 18.3 Å². The van der Waals surface area contributed by atoms with E-state index in [1.165, 1.54) is 0 Å². The molecule has 0 saturated heterocycles. The third kappa shape index (κ3) is 2.26. The lowest BCUT2D eigenvalue weighted by Gasteiger charge is -2.00. The van der Waals surface area contributed by atoms with Crippen LogP contribution in [0.1, 0.15) is 10.5 Å². The van der Waals surface area contributed by atoms with Crippen LogP contribution in [0.5, 0.6) is 0 Å². The number of amides is 1. The molecule has 0 spiro atoms. The van der Waals surface area contributed by atoms with Gasteiger partial charge < -0.3 is 5.73 Å². The molecule has 20 heavy (non-hydrogen) atoms. The highest BCUT2D eigenvalue weighted by Crippen LogP contribution is 2.18. The van der Waals surface area contributed by atoms with Crippen LogP contribution in [-0.2, 0) is 0 Å². The normalized spacial score (nSPS) is 10.4. The molecule has 0 bridgehead atoms. The van der Waals surface area contributed by atoms with Crippen molar-refractivity contribution >= 4 is 5.91 Å². The van der Waals surface area contributed by atoms with E-state index in [4.69, 9.17) is 5.73 Å². The second-order valence-corrected chi connectivity index (χ2v) is 4.16. The number of rotatable bonds is 3. The maximum absolute atomic E-state index is 11.1. The van der Waals surface area contributed by atoms with E-state index in [0.29, 0.717) is 5.69 Å². The summed E-state index contributed by atoms with van der Waals surface area (Å²) in [7, 11) is 0. The zero-order chi connectivity index (χ0) is 13.9. The first-order valence-corrected chi connectivity index (χ1v) is 5.96. The molecule has 0 aliphatic heterocycles. The molecule has 98 valence electrons. The number of carbonyl (C=O) groups is 1. The van der Waals surface area contributed by atoms with E-state index in [2.05, 4.69) is 15.1 Å². The van der Waals surface area contributed by atoms with E-state index >= 15 is 0 Å². The first-order chi connectivity index (χ1) is 9.74. The van der Waals surface area contributed by atoms with Crippen molar-refractivity contribution in [2.45, 2.75) is 0 Å². The van der Waals surface area contributed by atoms with Crippen LogP contribution in [0.2, 0.25) is 0 Å². The van der Waals surface area contributed by atoms with Gasteiger partial charge in [0, 0.05) is 18.0 Å². The van der Waals surface area contributed by atoms with Gasteiger partial charge in [-0.05, 0) is 24.3 Å². The van der Waals surface area contributed by atoms with Crippen molar-refractivity contribution in [2.75, 3.05) is 0 Å². The van der Waals surface area contributed by atoms with Crippen molar-refractivity contribution in [2.24, 2.45) is 5.73 Å². The zero-order valence-corrected chi connectivity index (χ0v) is 10.5. The van der Waals surface area contributed by atoms with E-state index in [9.17, 15) is 4.79 Å². The lowest BCUT2D eigenvalue weighted by Crippen LogP contribution is -2.12. The summed E-state index contributed by atoms with van der Waals surface area (Å²) in [6.07, 6.45) is 6.92. The van der Waals surface area contributed by atoms with Crippen molar-refractivity contribution < 1.29 is 4.79 Å². The summed E-state index contributed by atoms with van der Waals surface area (Å²) in [5.74, 6) is -0.550. The van der Waals surface area contributed by atoms with Gasteiger partial charge in [-0.2, -0.15) is 5.10 Å². The predicted octanol–water partition coefficient (Wildman–Crippen LogP) is 1.43. The van der Waals surface area contributed by atoms with E-state index in [0.717, 1.165) is 11.3 Å². The fraction of sp³-hybridized carbons (Fsp3) is 0. The third-order valence-electron chi connectivity index (χ3n) is 2.79. The average molecular weight is 265 g/mol. The van der Waals surface area contributed by atoms with Gasteiger partial charge in [-0.1, -0.05) is 6.07 Å². The van der Waals surface area contributed by atoms with Crippen LogP contribution >= 0.6 is 0 Å². The molecule has 3 aromatic heterocycles. The van der Waals surface area contributed by atoms with Gasteiger partial charge in [-0.25, -0.2) is 9.67 Å². The molecular formula is C14H11N5O. The molecule has 3 aromatic rings. The average Bonchev–Trinajstić information content (AvgIpc) is 2.98. The molecule has 0 aliphatic carbocycles. The van der Waals surface area contributed by atoms with Crippen LogP contribution in [0.25, 0.3) is 16.9 Å². The molecule has 0 atom stereocenters. The number of aromatic nitrogens is 4. The largest absolute Gasteiger partial charge is 0.364 e. The smallest absolute Gasteiger partial charge is 0.267 e. The number of carbonyl (C=O) groups excluding carboxylic acids is 1. The third-order valence-corrected chi connectivity index (χ3v) is 2.79. The van der Waals surface area contributed by atoms with E-state index in [-0.39, 0.29) is 5.69 Å². The van der Waals surface area contributed by atoms with Gasteiger partial charge in [-0.3, -0.25) is 9.78 Å². The Bertz CT molecular complexity index is 751. The standard InChI is InChI=1S/C14H11N5O/c15-14(20)13-5-1-4-12(18-13)10-7-17-19(9-10)11-3-2-6-16-8-11/h1-9H,(H2,15,20). The molecule has 0 fully saturated rings. The SMILES string of the molecule is NC(=O)c1cccc(-c2cnn(-c3cccnc3)c2)n1. The summed E-state index contributed by atoms with van der Waals surface area (Å²) in [5, 5.41) is 4.26. The van der Waals surface area contributed by atoms with Gasteiger partial charge in [0.2, 0.25) is 0 Å². The van der Waals surface area contributed by atoms with Gasteiger partial charge in [0.1, 0.15) is 5.69 Å².